The Morgan fingerprint density at radius 2 is 1.76 bits per heavy atom. The van der Waals surface area contributed by atoms with Crippen molar-refractivity contribution in [1.29, 1.82) is 0 Å². The Morgan fingerprint density at radius 3 is 2.18 bits per heavy atom. The average Bonchev–Trinajstić information content (AvgIpc) is 2.08. The third kappa shape index (κ3) is 3.23. The van der Waals surface area contributed by atoms with E-state index in [1.165, 1.54) is 0 Å². The van der Waals surface area contributed by atoms with Crippen molar-refractivity contribution in [3.63, 3.8) is 0 Å². The molecule has 0 aromatic heterocycles. The molecule has 0 heterocycles. The minimum Gasteiger partial charge on any atom is -0.211 e. The molecule has 1 rings (SSSR count). The molecule has 96 valence electrons. The maximum absolute atomic E-state index is 13.4. The van der Waals surface area contributed by atoms with E-state index < -0.39 is 36.9 Å². The van der Waals surface area contributed by atoms with E-state index in [0.717, 1.165) is 12.1 Å². The summed E-state index contributed by atoms with van der Waals surface area (Å²) in [5.41, 5.74) is -1.12. The molecule has 1 aromatic rings. The van der Waals surface area contributed by atoms with Gasteiger partial charge in [-0.2, -0.15) is 13.2 Å². The minimum atomic E-state index is -5.23. The summed E-state index contributed by atoms with van der Waals surface area (Å²) in [6.07, 6.45) is -5.23. The van der Waals surface area contributed by atoms with E-state index in [0.29, 0.717) is 6.07 Å². The zero-order valence-electron chi connectivity index (χ0n) is 7.80. The van der Waals surface area contributed by atoms with E-state index in [1.54, 1.807) is 0 Å². The van der Waals surface area contributed by atoms with Crippen LogP contribution in [-0.4, -0.2) is 14.6 Å². The normalized spacial score (nSPS) is 14.7. The fourth-order valence-electron chi connectivity index (χ4n) is 1.21. The van der Waals surface area contributed by atoms with Crippen molar-refractivity contribution in [2.45, 2.75) is 11.4 Å². The third-order valence-corrected chi connectivity index (χ3v) is 3.75. The van der Waals surface area contributed by atoms with Gasteiger partial charge in [0.1, 0.15) is 5.82 Å². The molecule has 17 heavy (non-hydrogen) atoms. The molecule has 0 aliphatic carbocycles. The fourth-order valence-corrected chi connectivity index (χ4v) is 2.79. The van der Waals surface area contributed by atoms with Gasteiger partial charge in [0.15, 0.2) is 5.25 Å². The van der Waals surface area contributed by atoms with Gasteiger partial charge in [-0.25, -0.2) is 12.8 Å². The number of rotatable bonds is 2. The first kappa shape index (κ1) is 14.5. The van der Waals surface area contributed by atoms with Crippen LogP contribution in [-0.2, 0) is 9.05 Å². The van der Waals surface area contributed by atoms with E-state index in [1.807, 2.05) is 0 Å². The molecular weight excluding hydrogens is 307 g/mol. The van der Waals surface area contributed by atoms with Crippen molar-refractivity contribution >= 4 is 31.3 Å². The minimum absolute atomic E-state index is 0.614. The second kappa shape index (κ2) is 4.62. The second-order valence-corrected chi connectivity index (χ2v) is 6.16. The number of halogens is 6. The largest absolute Gasteiger partial charge is 0.410 e. The third-order valence-electron chi connectivity index (χ3n) is 1.84. The van der Waals surface area contributed by atoms with Crippen LogP contribution in [0.3, 0.4) is 0 Å². The van der Waals surface area contributed by atoms with Gasteiger partial charge in [0, 0.05) is 16.2 Å². The molecule has 9 heteroatoms. The molecule has 0 saturated heterocycles. The summed E-state index contributed by atoms with van der Waals surface area (Å²) in [4.78, 5) is 0. The summed E-state index contributed by atoms with van der Waals surface area (Å²) in [7, 11) is -0.381. The standard InChI is InChI=1S/C8H4Cl2F4O2S/c9-5-3-1-2-4(6(5)11)7(8(12,13)14)17(10,15)16/h1-3,7H. The maximum Gasteiger partial charge on any atom is 0.410 e. The highest BCUT2D eigenvalue weighted by molar-refractivity contribution is 8.14. The summed E-state index contributed by atoms with van der Waals surface area (Å²) in [5.74, 6) is -1.46. The molecule has 0 saturated carbocycles. The van der Waals surface area contributed by atoms with Crippen LogP contribution in [0.25, 0.3) is 0 Å². The molecule has 2 nitrogen and oxygen atoms in total. The van der Waals surface area contributed by atoms with Gasteiger partial charge >= 0.3 is 6.18 Å². The van der Waals surface area contributed by atoms with Crippen molar-refractivity contribution in [2.75, 3.05) is 0 Å². The van der Waals surface area contributed by atoms with Crippen molar-refractivity contribution in [3.8, 4) is 0 Å². The predicted octanol–water partition coefficient (Wildman–Crippen LogP) is 3.65. The quantitative estimate of drug-likeness (QED) is 0.617. The van der Waals surface area contributed by atoms with E-state index in [9.17, 15) is 26.0 Å². The van der Waals surface area contributed by atoms with Gasteiger partial charge in [0.2, 0.25) is 9.05 Å². The zero-order valence-corrected chi connectivity index (χ0v) is 10.1. The van der Waals surface area contributed by atoms with Gasteiger partial charge in [-0.05, 0) is 6.07 Å². The number of alkyl halides is 3. The lowest BCUT2D eigenvalue weighted by molar-refractivity contribution is -0.131. The van der Waals surface area contributed by atoms with Crippen LogP contribution in [0.4, 0.5) is 17.6 Å². The lowest BCUT2D eigenvalue weighted by Gasteiger charge is -2.18. The first-order valence-electron chi connectivity index (χ1n) is 3.99. The molecule has 0 fully saturated rings. The SMILES string of the molecule is O=S(=O)(Cl)C(c1cccc(Cl)c1F)C(F)(F)F. The Bertz CT molecular complexity index is 527. The van der Waals surface area contributed by atoms with Crippen molar-refractivity contribution in [1.82, 2.24) is 0 Å². The number of hydrogen-bond acceptors (Lipinski definition) is 2. The van der Waals surface area contributed by atoms with Crippen LogP contribution in [0.15, 0.2) is 18.2 Å². The lowest BCUT2D eigenvalue weighted by Crippen LogP contribution is -2.26. The van der Waals surface area contributed by atoms with Crippen LogP contribution in [0.2, 0.25) is 5.02 Å². The summed E-state index contributed by atoms with van der Waals surface area (Å²) >= 11 is 5.28. The monoisotopic (exact) mass is 310 g/mol. The highest BCUT2D eigenvalue weighted by Crippen LogP contribution is 2.42. The molecule has 0 radical (unpaired) electrons. The Balaban J connectivity index is 3.50. The Labute approximate surface area is 104 Å². The van der Waals surface area contributed by atoms with Crippen molar-refractivity contribution in [2.24, 2.45) is 0 Å². The van der Waals surface area contributed by atoms with Gasteiger partial charge in [0.05, 0.1) is 5.02 Å². The van der Waals surface area contributed by atoms with Gasteiger partial charge in [-0.15, -0.1) is 0 Å². The summed E-state index contributed by atoms with van der Waals surface area (Å²) in [6, 6.07) is 2.66. The molecule has 1 unspecified atom stereocenters. The Morgan fingerprint density at radius 1 is 1.24 bits per heavy atom. The predicted molar refractivity (Wildman–Crippen MR) is 55.0 cm³/mol. The molecule has 0 aliphatic heterocycles. The Kier molecular flexibility index (Phi) is 3.95. The van der Waals surface area contributed by atoms with Gasteiger partial charge < -0.3 is 0 Å². The molecule has 0 bridgehead atoms. The fraction of sp³-hybridized carbons (Fsp3) is 0.250. The molecule has 0 amide bonds. The highest BCUT2D eigenvalue weighted by Gasteiger charge is 2.50. The molecular formula is C8H4Cl2F4O2S. The van der Waals surface area contributed by atoms with Gasteiger partial charge in [-0.3, -0.25) is 0 Å². The number of hydrogen-bond donors (Lipinski definition) is 0. The number of benzene rings is 1. The molecule has 0 aliphatic rings. The van der Waals surface area contributed by atoms with E-state index in [-0.39, 0.29) is 0 Å². The zero-order chi connectivity index (χ0) is 13.4. The van der Waals surface area contributed by atoms with Crippen molar-refractivity contribution < 1.29 is 26.0 Å². The molecule has 0 spiro atoms. The Hall–Kier alpha value is -0.530. The first-order valence-corrected chi connectivity index (χ1v) is 6.74. The highest BCUT2D eigenvalue weighted by atomic mass is 35.7. The topological polar surface area (TPSA) is 34.1 Å². The lowest BCUT2D eigenvalue weighted by atomic mass is 10.1. The second-order valence-electron chi connectivity index (χ2n) is 3.04. The first-order chi connectivity index (χ1) is 7.55. The average molecular weight is 311 g/mol. The van der Waals surface area contributed by atoms with Gasteiger partial charge in [0.25, 0.3) is 0 Å². The summed E-state index contributed by atoms with van der Waals surface area (Å²) in [5, 5.41) is -3.76. The van der Waals surface area contributed by atoms with E-state index in [2.05, 4.69) is 10.7 Å². The van der Waals surface area contributed by atoms with Crippen LogP contribution >= 0.6 is 22.3 Å². The van der Waals surface area contributed by atoms with Crippen LogP contribution in [0, 0.1) is 5.82 Å². The van der Waals surface area contributed by atoms with Crippen LogP contribution in [0.5, 0.6) is 0 Å². The smallest absolute Gasteiger partial charge is 0.211 e. The summed E-state index contributed by atoms with van der Waals surface area (Å²) < 4.78 is 72.7. The summed E-state index contributed by atoms with van der Waals surface area (Å²) in [6.45, 7) is 0. The van der Waals surface area contributed by atoms with Gasteiger partial charge in [-0.1, -0.05) is 23.7 Å². The van der Waals surface area contributed by atoms with E-state index in [4.69, 9.17) is 11.6 Å². The van der Waals surface area contributed by atoms with Crippen LogP contribution in [0.1, 0.15) is 10.8 Å². The van der Waals surface area contributed by atoms with Crippen LogP contribution < -0.4 is 0 Å². The molecule has 1 aromatic carbocycles. The van der Waals surface area contributed by atoms with E-state index >= 15 is 0 Å². The molecule has 0 N–H and O–H groups in total. The maximum atomic E-state index is 13.4. The van der Waals surface area contributed by atoms with Crippen molar-refractivity contribution in [3.05, 3.63) is 34.6 Å². The molecule has 1 atom stereocenters.